The molecular weight excluding hydrogens is 298 g/mol. The van der Waals surface area contributed by atoms with Gasteiger partial charge in [-0.1, -0.05) is 11.6 Å². The van der Waals surface area contributed by atoms with Crippen LogP contribution in [0.15, 0.2) is 47.9 Å². The van der Waals surface area contributed by atoms with E-state index < -0.39 is 10.0 Å². The summed E-state index contributed by atoms with van der Waals surface area (Å²) in [6.45, 7) is 0.359. The van der Waals surface area contributed by atoms with Crippen molar-refractivity contribution in [2.45, 2.75) is 11.3 Å². The van der Waals surface area contributed by atoms with Crippen LogP contribution in [-0.4, -0.2) is 36.3 Å². The molecule has 0 aromatic carbocycles. The van der Waals surface area contributed by atoms with E-state index >= 15 is 0 Å². The third kappa shape index (κ3) is 3.33. The van der Waals surface area contributed by atoms with Crippen molar-refractivity contribution in [3.05, 3.63) is 53.6 Å². The molecule has 7 heteroatoms. The van der Waals surface area contributed by atoms with Crippen molar-refractivity contribution in [2.24, 2.45) is 0 Å². The average molecular weight is 312 g/mol. The maximum Gasteiger partial charge on any atom is 0.245 e. The van der Waals surface area contributed by atoms with Crippen molar-refractivity contribution in [2.75, 3.05) is 13.6 Å². The van der Waals surface area contributed by atoms with Crippen LogP contribution in [-0.2, 0) is 16.4 Å². The molecule has 0 saturated carbocycles. The highest BCUT2D eigenvalue weighted by Gasteiger charge is 2.23. The summed E-state index contributed by atoms with van der Waals surface area (Å²) >= 11 is 5.92. The van der Waals surface area contributed by atoms with Crippen molar-refractivity contribution >= 4 is 21.6 Å². The van der Waals surface area contributed by atoms with E-state index in [0.717, 1.165) is 5.56 Å². The van der Waals surface area contributed by atoms with Crippen LogP contribution in [0.2, 0.25) is 5.02 Å². The van der Waals surface area contributed by atoms with Crippen LogP contribution in [0, 0.1) is 0 Å². The van der Waals surface area contributed by atoms with Crippen LogP contribution in [0.1, 0.15) is 5.56 Å². The number of likely N-dealkylation sites (N-methyl/N-ethyl adjacent to an activating group) is 1. The Balaban J connectivity index is 2.12. The summed E-state index contributed by atoms with van der Waals surface area (Å²) in [6, 6.07) is 5.18. The van der Waals surface area contributed by atoms with Gasteiger partial charge in [-0.3, -0.25) is 9.97 Å². The van der Waals surface area contributed by atoms with Gasteiger partial charge in [-0.15, -0.1) is 0 Å². The Labute approximate surface area is 123 Å². The molecule has 2 aromatic heterocycles. The summed E-state index contributed by atoms with van der Waals surface area (Å²) in [4.78, 5) is 7.76. The maximum absolute atomic E-state index is 12.4. The number of pyridine rings is 2. The second-order valence-corrected chi connectivity index (χ2v) is 6.66. The minimum absolute atomic E-state index is 0.0268. The molecule has 0 unspecified atom stereocenters. The number of hydrogen-bond donors (Lipinski definition) is 0. The van der Waals surface area contributed by atoms with Crippen molar-refractivity contribution in [1.82, 2.24) is 14.3 Å². The zero-order valence-electron chi connectivity index (χ0n) is 10.9. The van der Waals surface area contributed by atoms with Crippen LogP contribution in [0.3, 0.4) is 0 Å². The first-order valence-electron chi connectivity index (χ1n) is 5.96. The van der Waals surface area contributed by atoms with Gasteiger partial charge in [-0.05, 0) is 30.2 Å². The minimum Gasteiger partial charge on any atom is -0.265 e. The molecule has 0 amide bonds. The summed E-state index contributed by atoms with van der Waals surface area (Å²) in [5, 5.41) is 0.177. The molecule has 0 bridgehead atoms. The molecule has 0 atom stereocenters. The Kier molecular flexibility index (Phi) is 4.69. The molecule has 0 radical (unpaired) electrons. The molecule has 0 saturated heterocycles. The molecular formula is C13H14ClN3O2S. The molecule has 106 valence electrons. The van der Waals surface area contributed by atoms with Crippen molar-refractivity contribution < 1.29 is 8.42 Å². The van der Waals surface area contributed by atoms with Gasteiger partial charge in [0.05, 0.1) is 5.02 Å². The molecule has 0 fully saturated rings. The minimum atomic E-state index is -3.62. The fraction of sp³-hybridized carbons (Fsp3) is 0.231. The maximum atomic E-state index is 12.4. The average Bonchev–Trinajstić information content (AvgIpc) is 2.46. The Morgan fingerprint density at radius 3 is 2.45 bits per heavy atom. The lowest BCUT2D eigenvalue weighted by Gasteiger charge is -2.17. The predicted octanol–water partition coefficient (Wildman–Crippen LogP) is 1.99. The van der Waals surface area contributed by atoms with Crippen LogP contribution >= 0.6 is 11.6 Å². The van der Waals surface area contributed by atoms with Crippen LogP contribution < -0.4 is 0 Å². The topological polar surface area (TPSA) is 63.2 Å². The molecule has 2 aromatic rings. The number of hydrogen-bond acceptors (Lipinski definition) is 4. The zero-order chi connectivity index (χ0) is 14.6. The van der Waals surface area contributed by atoms with E-state index in [-0.39, 0.29) is 9.92 Å². The zero-order valence-corrected chi connectivity index (χ0v) is 12.5. The van der Waals surface area contributed by atoms with Crippen LogP contribution in [0.5, 0.6) is 0 Å². The fourth-order valence-electron chi connectivity index (χ4n) is 1.68. The summed E-state index contributed by atoms with van der Waals surface area (Å²) < 4.78 is 26.0. The van der Waals surface area contributed by atoms with Gasteiger partial charge in [0.1, 0.15) is 4.90 Å². The number of nitrogens with zero attached hydrogens (tertiary/aromatic N) is 3. The van der Waals surface area contributed by atoms with Gasteiger partial charge < -0.3 is 0 Å². The number of halogens is 1. The normalized spacial score (nSPS) is 11.8. The molecule has 0 aliphatic heterocycles. The lowest BCUT2D eigenvalue weighted by atomic mass is 10.2. The number of rotatable bonds is 5. The summed E-state index contributed by atoms with van der Waals surface area (Å²) in [7, 11) is -2.09. The Hall–Kier alpha value is -1.50. The quantitative estimate of drug-likeness (QED) is 0.847. The first-order valence-corrected chi connectivity index (χ1v) is 7.78. The van der Waals surface area contributed by atoms with Gasteiger partial charge in [-0.2, -0.15) is 0 Å². The fourth-order valence-corrected chi connectivity index (χ4v) is 3.25. The van der Waals surface area contributed by atoms with Crippen molar-refractivity contribution in [1.29, 1.82) is 0 Å². The second-order valence-electron chi connectivity index (χ2n) is 4.24. The molecule has 0 N–H and O–H groups in total. The summed E-state index contributed by atoms with van der Waals surface area (Å²) in [6.07, 6.45) is 6.69. The SMILES string of the molecule is CN(CCc1ccncc1)S(=O)(=O)c1cnccc1Cl. The lowest BCUT2D eigenvalue weighted by Crippen LogP contribution is -2.29. The van der Waals surface area contributed by atoms with Gasteiger partial charge in [0, 0.05) is 38.4 Å². The second kappa shape index (κ2) is 6.30. The lowest BCUT2D eigenvalue weighted by molar-refractivity contribution is 0.472. The molecule has 2 rings (SSSR count). The van der Waals surface area contributed by atoms with E-state index in [1.165, 1.54) is 29.8 Å². The highest BCUT2D eigenvalue weighted by atomic mass is 35.5. The van der Waals surface area contributed by atoms with Crippen LogP contribution in [0.4, 0.5) is 0 Å². The van der Waals surface area contributed by atoms with Gasteiger partial charge in [0.25, 0.3) is 0 Å². The third-order valence-electron chi connectivity index (χ3n) is 2.89. The molecule has 2 heterocycles. The van der Waals surface area contributed by atoms with E-state index in [1.807, 2.05) is 12.1 Å². The molecule has 0 aliphatic carbocycles. The Bertz CT molecular complexity index is 677. The monoisotopic (exact) mass is 311 g/mol. The highest BCUT2D eigenvalue weighted by molar-refractivity contribution is 7.89. The Morgan fingerprint density at radius 2 is 1.80 bits per heavy atom. The van der Waals surface area contributed by atoms with E-state index in [0.29, 0.717) is 13.0 Å². The van der Waals surface area contributed by atoms with Crippen LogP contribution in [0.25, 0.3) is 0 Å². The first kappa shape index (κ1) is 14.9. The third-order valence-corrected chi connectivity index (χ3v) is 5.21. The van der Waals surface area contributed by atoms with Gasteiger partial charge >= 0.3 is 0 Å². The smallest absolute Gasteiger partial charge is 0.245 e. The highest BCUT2D eigenvalue weighted by Crippen LogP contribution is 2.22. The van der Waals surface area contributed by atoms with Gasteiger partial charge in [0.15, 0.2) is 0 Å². The number of aromatic nitrogens is 2. The molecule has 20 heavy (non-hydrogen) atoms. The van der Waals surface area contributed by atoms with E-state index in [2.05, 4.69) is 9.97 Å². The standard InChI is InChI=1S/C13H14ClN3O2S/c1-17(9-5-11-2-6-15-7-3-11)20(18,19)13-10-16-8-4-12(13)14/h2-4,6-8,10H,5,9H2,1H3. The van der Waals surface area contributed by atoms with Gasteiger partial charge in [0.2, 0.25) is 10.0 Å². The van der Waals surface area contributed by atoms with E-state index in [9.17, 15) is 8.42 Å². The van der Waals surface area contributed by atoms with E-state index in [1.54, 1.807) is 12.4 Å². The molecule has 0 spiro atoms. The van der Waals surface area contributed by atoms with Crippen molar-refractivity contribution in [3.63, 3.8) is 0 Å². The molecule has 5 nitrogen and oxygen atoms in total. The number of sulfonamides is 1. The van der Waals surface area contributed by atoms with Crippen molar-refractivity contribution in [3.8, 4) is 0 Å². The summed E-state index contributed by atoms with van der Waals surface area (Å²) in [5.74, 6) is 0. The Morgan fingerprint density at radius 1 is 1.15 bits per heavy atom. The van der Waals surface area contributed by atoms with Gasteiger partial charge in [-0.25, -0.2) is 12.7 Å². The largest absolute Gasteiger partial charge is 0.265 e. The predicted molar refractivity (Wildman–Crippen MR) is 77.0 cm³/mol. The molecule has 0 aliphatic rings. The van der Waals surface area contributed by atoms with E-state index in [4.69, 9.17) is 11.6 Å². The first-order chi connectivity index (χ1) is 9.51. The summed E-state index contributed by atoms with van der Waals surface area (Å²) in [5.41, 5.74) is 1.03.